The fourth-order valence-corrected chi connectivity index (χ4v) is 8.96. The van der Waals surface area contributed by atoms with Crippen LogP contribution in [0.2, 0.25) is 0 Å². The quantitative estimate of drug-likeness (QED) is 0.0261. The van der Waals surface area contributed by atoms with Crippen molar-refractivity contribution in [2.75, 3.05) is 13.2 Å². The predicted octanol–water partition coefficient (Wildman–Crippen LogP) is 21.3. The number of carbonyl (C=O) groups excluding carboxylic acids is 3. The van der Waals surface area contributed by atoms with Crippen molar-refractivity contribution in [3.8, 4) is 0 Å². The summed E-state index contributed by atoms with van der Waals surface area (Å²) >= 11 is 0. The van der Waals surface area contributed by atoms with Gasteiger partial charge in [-0.2, -0.15) is 0 Å². The van der Waals surface area contributed by atoms with Crippen LogP contribution in [0.4, 0.5) is 0 Å². The largest absolute Gasteiger partial charge is 0.462 e. The van der Waals surface area contributed by atoms with Crippen LogP contribution in [-0.4, -0.2) is 37.2 Å². The Morgan fingerprint density at radius 2 is 0.562 bits per heavy atom. The third-order valence-electron chi connectivity index (χ3n) is 13.6. The molecule has 0 aliphatic rings. The molecule has 0 aromatic heterocycles. The molecule has 0 saturated carbocycles. The number of ether oxygens (including phenoxy) is 3. The fourth-order valence-electron chi connectivity index (χ4n) is 8.96. The zero-order chi connectivity index (χ0) is 52.9. The molecule has 0 spiro atoms. The summed E-state index contributed by atoms with van der Waals surface area (Å²) in [5.41, 5.74) is 0. The molecule has 0 aromatic carbocycles. The van der Waals surface area contributed by atoms with Crippen molar-refractivity contribution in [3.63, 3.8) is 0 Å². The number of carbonyl (C=O) groups is 3. The van der Waals surface area contributed by atoms with E-state index in [1.807, 2.05) is 0 Å². The zero-order valence-corrected chi connectivity index (χ0v) is 48.4. The van der Waals surface area contributed by atoms with Crippen LogP contribution in [0.5, 0.6) is 0 Å². The second-order valence-corrected chi connectivity index (χ2v) is 20.9. The van der Waals surface area contributed by atoms with Gasteiger partial charge in [0.2, 0.25) is 0 Å². The first-order chi connectivity index (χ1) is 36.0. The number of allylic oxidation sites excluding steroid dienone is 12. The molecule has 6 heteroatoms. The number of hydrogen-bond donors (Lipinski definition) is 0. The van der Waals surface area contributed by atoms with E-state index in [4.69, 9.17) is 14.2 Å². The maximum atomic E-state index is 12.9. The first-order valence-electron chi connectivity index (χ1n) is 31.4. The van der Waals surface area contributed by atoms with E-state index in [9.17, 15) is 14.4 Å². The van der Waals surface area contributed by atoms with Gasteiger partial charge in [-0.25, -0.2) is 0 Å². The maximum Gasteiger partial charge on any atom is 0.306 e. The summed E-state index contributed by atoms with van der Waals surface area (Å²) in [6, 6.07) is 0. The van der Waals surface area contributed by atoms with Crippen LogP contribution < -0.4 is 0 Å². The zero-order valence-electron chi connectivity index (χ0n) is 48.4. The van der Waals surface area contributed by atoms with Gasteiger partial charge in [0.25, 0.3) is 0 Å². The van der Waals surface area contributed by atoms with Gasteiger partial charge in [0.15, 0.2) is 6.10 Å². The maximum absolute atomic E-state index is 12.9. The summed E-state index contributed by atoms with van der Waals surface area (Å²) < 4.78 is 16.9. The van der Waals surface area contributed by atoms with E-state index in [2.05, 4.69) is 93.7 Å². The van der Waals surface area contributed by atoms with Gasteiger partial charge >= 0.3 is 17.9 Å². The van der Waals surface area contributed by atoms with E-state index in [0.717, 1.165) is 109 Å². The molecule has 0 aliphatic carbocycles. The SMILES string of the molecule is CC/C=C\C/C=C\C/C=C\C/C=C\CCCCCCCCCCCCCCCCCCC(=O)OCC(COC(=O)CCCCCCC/C=C\CCC)OC(=O)CCCCCCC/C=C\CCCCCCCCC. The lowest BCUT2D eigenvalue weighted by atomic mass is 10.0. The van der Waals surface area contributed by atoms with Crippen molar-refractivity contribution in [1.82, 2.24) is 0 Å². The van der Waals surface area contributed by atoms with Gasteiger partial charge in [0, 0.05) is 19.3 Å². The Kier molecular flexibility index (Phi) is 58.7. The smallest absolute Gasteiger partial charge is 0.306 e. The van der Waals surface area contributed by atoms with Crippen LogP contribution in [0.25, 0.3) is 0 Å². The number of rotatable bonds is 57. The molecule has 73 heavy (non-hydrogen) atoms. The van der Waals surface area contributed by atoms with E-state index in [1.165, 1.54) is 167 Å². The lowest BCUT2D eigenvalue weighted by molar-refractivity contribution is -0.167. The van der Waals surface area contributed by atoms with Crippen molar-refractivity contribution < 1.29 is 28.6 Å². The van der Waals surface area contributed by atoms with E-state index < -0.39 is 6.10 Å². The van der Waals surface area contributed by atoms with Crippen molar-refractivity contribution >= 4 is 17.9 Å². The van der Waals surface area contributed by atoms with Crippen molar-refractivity contribution in [1.29, 1.82) is 0 Å². The van der Waals surface area contributed by atoms with E-state index in [0.29, 0.717) is 19.3 Å². The lowest BCUT2D eigenvalue weighted by Crippen LogP contribution is -2.30. The predicted molar refractivity (Wildman–Crippen MR) is 316 cm³/mol. The average molecular weight is 1020 g/mol. The molecule has 0 aliphatic heterocycles. The lowest BCUT2D eigenvalue weighted by Gasteiger charge is -2.18. The van der Waals surface area contributed by atoms with E-state index in [-0.39, 0.29) is 31.1 Å². The summed E-state index contributed by atoms with van der Waals surface area (Å²) in [5, 5.41) is 0. The third-order valence-corrected chi connectivity index (χ3v) is 13.6. The first-order valence-corrected chi connectivity index (χ1v) is 31.4. The van der Waals surface area contributed by atoms with Crippen molar-refractivity contribution in [3.05, 3.63) is 72.9 Å². The van der Waals surface area contributed by atoms with Gasteiger partial charge in [0.05, 0.1) is 0 Å². The Labute approximate surface area is 453 Å². The average Bonchev–Trinajstić information content (AvgIpc) is 3.39. The van der Waals surface area contributed by atoms with Crippen LogP contribution in [0.1, 0.15) is 316 Å². The summed E-state index contributed by atoms with van der Waals surface area (Å²) in [6.07, 6.45) is 79.2. The molecular formula is C67H118O6. The second kappa shape index (κ2) is 61.4. The van der Waals surface area contributed by atoms with Gasteiger partial charge in [-0.3, -0.25) is 14.4 Å². The highest BCUT2D eigenvalue weighted by Crippen LogP contribution is 2.17. The van der Waals surface area contributed by atoms with Crippen molar-refractivity contribution in [2.45, 2.75) is 322 Å². The minimum atomic E-state index is -0.781. The highest BCUT2D eigenvalue weighted by molar-refractivity contribution is 5.71. The van der Waals surface area contributed by atoms with Crippen molar-refractivity contribution in [2.24, 2.45) is 0 Å². The Bertz CT molecular complexity index is 1360. The van der Waals surface area contributed by atoms with Gasteiger partial charge < -0.3 is 14.2 Å². The summed E-state index contributed by atoms with van der Waals surface area (Å²) in [4.78, 5) is 38.1. The normalized spacial score (nSPS) is 12.5. The van der Waals surface area contributed by atoms with Crippen LogP contribution in [0.3, 0.4) is 0 Å². The monoisotopic (exact) mass is 1020 g/mol. The molecule has 422 valence electrons. The summed E-state index contributed by atoms with van der Waals surface area (Å²) in [7, 11) is 0. The summed E-state index contributed by atoms with van der Waals surface area (Å²) in [6.45, 7) is 6.48. The Morgan fingerprint density at radius 3 is 0.904 bits per heavy atom. The first kappa shape index (κ1) is 69.8. The Hall–Kier alpha value is -3.15. The molecule has 0 amide bonds. The molecule has 0 bridgehead atoms. The molecule has 6 nitrogen and oxygen atoms in total. The molecule has 0 heterocycles. The van der Waals surface area contributed by atoms with Crippen LogP contribution in [0.15, 0.2) is 72.9 Å². The molecule has 1 unspecified atom stereocenters. The van der Waals surface area contributed by atoms with E-state index >= 15 is 0 Å². The molecule has 0 fully saturated rings. The van der Waals surface area contributed by atoms with Crippen LogP contribution in [-0.2, 0) is 28.6 Å². The van der Waals surface area contributed by atoms with Crippen LogP contribution in [0, 0.1) is 0 Å². The fraction of sp³-hybridized carbons (Fsp3) is 0.776. The Morgan fingerprint density at radius 1 is 0.288 bits per heavy atom. The third kappa shape index (κ3) is 59.6. The van der Waals surface area contributed by atoms with Gasteiger partial charge in [-0.1, -0.05) is 267 Å². The number of hydrogen-bond acceptors (Lipinski definition) is 6. The number of esters is 3. The molecule has 0 aromatic rings. The molecule has 0 N–H and O–H groups in total. The number of unbranched alkanes of at least 4 members (excludes halogenated alkanes) is 34. The molecule has 0 rings (SSSR count). The highest BCUT2D eigenvalue weighted by atomic mass is 16.6. The van der Waals surface area contributed by atoms with Gasteiger partial charge in [0.1, 0.15) is 13.2 Å². The minimum absolute atomic E-state index is 0.0786. The molecule has 0 saturated heterocycles. The van der Waals surface area contributed by atoms with E-state index in [1.54, 1.807) is 0 Å². The molecule has 0 radical (unpaired) electrons. The topological polar surface area (TPSA) is 78.9 Å². The Balaban J connectivity index is 4.15. The molecular weight excluding hydrogens is 901 g/mol. The molecule has 1 atom stereocenters. The van der Waals surface area contributed by atoms with Gasteiger partial charge in [-0.05, 0) is 103 Å². The van der Waals surface area contributed by atoms with Crippen LogP contribution >= 0.6 is 0 Å². The highest BCUT2D eigenvalue weighted by Gasteiger charge is 2.19. The standard InChI is InChI=1S/C67H118O6/c1-4-7-10-13-16-19-22-24-26-28-29-30-31-32-33-34-35-36-37-38-39-40-42-43-45-48-51-54-57-60-66(69)72-63-64(62-71-65(68)59-56-53-50-47-21-18-15-12-9-6-3)73-67(70)61-58-55-52-49-46-44-41-27-25-23-20-17-14-11-8-5-2/h7,10,12,15-16,19,24,26-27,29-30,41,64H,4-6,8-9,11,13-14,17-18,20-23,25,28,31-40,42-63H2,1-3H3/b10-7-,15-12-,19-16-,26-24-,30-29-,41-27-. The summed E-state index contributed by atoms with van der Waals surface area (Å²) in [5.74, 6) is -0.886. The minimum Gasteiger partial charge on any atom is -0.462 e. The van der Waals surface area contributed by atoms with Gasteiger partial charge in [-0.15, -0.1) is 0 Å². The second-order valence-electron chi connectivity index (χ2n) is 20.9.